The minimum absolute atomic E-state index is 0.119. The van der Waals surface area contributed by atoms with Crippen molar-refractivity contribution >= 4 is 22.7 Å². The Bertz CT molecular complexity index is 1230. The van der Waals surface area contributed by atoms with Crippen molar-refractivity contribution in [2.24, 2.45) is 0 Å². The first-order valence-electron chi connectivity index (χ1n) is 8.91. The Morgan fingerprint density at radius 3 is 2.76 bits per heavy atom. The van der Waals surface area contributed by atoms with Gasteiger partial charge in [-0.3, -0.25) is 4.98 Å². The molecule has 0 spiro atoms. The molecule has 3 aromatic heterocycles. The summed E-state index contributed by atoms with van der Waals surface area (Å²) in [7, 11) is 0. The van der Waals surface area contributed by atoms with Crippen molar-refractivity contribution in [1.29, 1.82) is 5.26 Å². The lowest BCUT2D eigenvalue weighted by atomic mass is 10.0. The van der Waals surface area contributed by atoms with Gasteiger partial charge in [0.1, 0.15) is 35.4 Å². The number of hydrogen-bond donors (Lipinski definition) is 2. The average molecular weight is 385 g/mol. The maximum absolute atomic E-state index is 14.4. The average Bonchev–Trinajstić information content (AvgIpc) is 2.74. The van der Waals surface area contributed by atoms with Crippen LogP contribution < -0.4 is 11.1 Å². The molecule has 8 heteroatoms. The molecule has 0 aliphatic rings. The van der Waals surface area contributed by atoms with E-state index in [1.165, 1.54) is 12.4 Å². The zero-order valence-electron chi connectivity index (χ0n) is 15.3. The number of anilines is 2. The van der Waals surface area contributed by atoms with Crippen molar-refractivity contribution < 1.29 is 4.39 Å². The molecule has 4 aromatic rings. The second-order valence-electron chi connectivity index (χ2n) is 6.29. The number of halogens is 1. The number of nitrogens with zero attached hydrogens (tertiary/aromatic N) is 5. The Balaban J connectivity index is 1.68. The van der Waals surface area contributed by atoms with Gasteiger partial charge in [-0.2, -0.15) is 5.26 Å². The number of rotatable bonds is 5. The summed E-state index contributed by atoms with van der Waals surface area (Å²) in [6.45, 7) is 0.437. The van der Waals surface area contributed by atoms with E-state index < -0.39 is 0 Å². The van der Waals surface area contributed by atoms with Crippen LogP contribution in [0, 0.1) is 17.1 Å². The molecule has 3 N–H and O–H groups in total. The van der Waals surface area contributed by atoms with Crippen LogP contribution in [0.4, 0.5) is 16.0 Å². The predicted molar refractivity (Wildman–Crippen MR) is 108 cm³/mol. The van der Waals surface area contributed by atoms with Crippen LogP contribution in [-0.4, -0.2) is 26.5 Å². The fraction of sp³-hybridized carbons (Fsp3) is 0.0952. The van der Waals surface area contributed by atoms with E-state index in [1.54, 1.807) is 30.5 Å². The standard InChI is InChI=1S/C21H16FN7/c22-16-5-2-1-4-14(16)19-13(10-18-17(29-19)6-3-8-25-18)7-9-26-21-15(11-23)20(24)27-12-28-21/h1-6,8,10,12H,7,9H2,(H3,24,26,27,28). The topological polar surface area (TPSA) is 113 Å². The van der Waals surface area contributed by atoms with E-state index in [1.807, 2.05) is 18.2 Å². The number of benzene rings is 1. The first-order valence-corrected chi connectivity index (χ1v) is 8.91. The number of nitrogens with one attached hydrogen (secondary N) is 1. The Labute approximate surface area is 166 Å². The van der Waals surface area contributed by atoms with Crippen LogP contribution in [0.25, 0.3) is 22.3 Å². The lowest BCUT2D eigenvalue weighted by Crippen LogP contribution is -2.11. The van der Waals surface area contributed by atoms with Crippen molar-refractivity contribution in [1.82, 2.24) is 19.9 Å². The lowest BCUT2D eigenvalue weighted by Gasteiger charge is -2.13. The molecule has 142 valence electrons. The molecule has 3 heterocycles. The molecular formula is C21H16FN7. The summed E-state index contributed by atoms with van der Waals surface area (Å²) in [6.07, 6.45) is 3.50. The molecule has 0 radical (unpaired) electrons. The van der Waals surface area contributed by atoms with Gasteiger partial charge in [-0.25, -0.2) is 19.3 Å². The highest BCUT2D eigenvalue weighted by atomic mass is 19.1. The molecule has 0 atom stereocenters. The third-order valence-electron chi connectivity index (χ3n) is 4.47. The minimum Gasteiger partial charge on any atom is -0.382 e. The van der Waals surface area contributed by atoms with Gasteiger partial charge in [0.2, 0.25) is 0 Å². The maximum atomic E-state index is 14.4. The highest BCUT2D eigenvalue weighted by Gasteiger charge is 2.14. The third kappa shape index (κ3) is 3.66. The molecule has 0 bridgehead atoms. The molecule has 0 aliphatic heterocycles. The summed E-state index contributed by atoms with van der Waals surface area (Å²) in [6, 6.07) is 14.1. The largest absolute Gasteiger partial charge is 0.382 e. The third-order valence-corrected chi connectivity index (χ3v) is 4.47. The van der Waals surface area contributed by atoms with Gasteiger partial charge in [0.15, 0.2) is 0 Å². The van der Waals surface area contributed by atoms with E-state index in [0.717, 1.165) is 11.1 Å². The Morgan fingerprint density at radius 2 is 1.93 bits per heavy atom. The summed E-state index contributed by atoms with van der Waals surface area (Å²) >= 11 is 0. The van der Waals surface area contributed by atoms with Gasteiger partial charge in [-0.15, -0.1) is 0 Å². The number of aromatic nitrogens is 4. The predicted octanol–water partition coefficient (Wildman–Crippen LogP) is 3.33. The number of nitriles is 1. The Morgan fingerprint density at radius 1 is 1.07 bits per heavy atom. The van der Waals surface area contributed by atoms with Crippen LogP contribution in [0.2, 0.25) is 0 Å². The summed E-state index contributed by atoms with van der Waals surface area (Å²) < 4.78 is 14.4. The fourth-order valence-electron chi connectivity index (χ4n) is 3.08. The van der Waals surface area contributed by atoms with Gasteiger partial charge < -0.3 is 11.1 Å². The molecule has 0 amide bonds. The van der Waals surface area contributed by atoms with E-state index in [0.29, 0.717) is 35.6 Å². The highest BCUT2D eigenvalue weighted by molar-refractivity contribution is 5.80. The minimum atomic E-state index is -0.340. The molecule has 0 saturated heterocycles. The summed E-state index contributed by atoms with van der Waals surface area (Å²) in [5.41, 5.74) is 9.15. The summed E-state index contributed by atoms with van der Waals surface area (Å²) in [4.78, 5) is 16.9. The van der Waals surface area contributed by atoms with E-state index in [9.17, 15) is 9.65 Å². The van der Waals surface area contributed by atoms with Crippen LogP contribution in [-0.2, 0) is 6.42 Å². The van der Waals surface area contributed by atoms with Crippen molar-refractivity contribution in [2.45, 2.75) is 6.42 Å². The molecule has 0 unspecified atom stereocenters. The lowest BCUT2D eigenvalue weighted by molar-refractivity contribution is 0.630. The molecule has 7 nitrogen and oxygen atoms in total. The second-order valence-corrected chi connectivity index (χ2v) is 6.29. The molecule has 4 rings (SSSR count). The van der Waals surface area contributed by atoms with Crippen LogP contribution in [0.1, 0.15) is 11.1 Å². The number of fused-ring (bicyclic) bond motifs is 1. The molecule has 1 aromatic carbocycles. The van der Waals surface area contributed by atoms with Crippen molar-refractivity contribution in [3.63, 3.8) is 0 Å². The van der Waals surface area contributed by atoms with Gasteiger partial charge in [0, 0.05) is 18.3 Å². The molecule has 0 aliphatic carbocycles. The number of pyridine rings is 2. The smallest absolute Gasteiger partial charge is 0.149 e. The molecular weight excluding hydrogens is 369 g/mol. The van der Waals surface area contributed by atoms with E-state index in [4.69, 9.17) is 5.73 Å². The Hall–Kier alpha value is -4.12. The van der Waals surface area contributed by atoms with Gasteiger partial charge in [0.05, 0.1) is 16.7 Å². The monoisotopic (exact) mass is 385 g/mol. The number of hydrogen-bond acceptors (Lipinski definition) is 7. The number of nitrogens with two attached hydrogens (primary N) is 1. The summed E-state index contributed by atoms with van der Waals surface area (Å²) in [5.74, 6) is 0.140. The highest BCUT2D eigenvalue weighted by Crippen LogP contribution is 2.27. The SMILES string of the molecule is N#Cc1c(N)ncnc1NCCc1cc2ncccc2nc1-c1ccccc1F. The molecule has 0 fully saturated rings. The van der Waals surface area contributed by atoms with Crippen LogP contribution in [0.15, 0.2) is 55.0 Å². The Kier molecular flexibility index (Phi) is 4.95. The zero-order chi connectivity index (χ0) is 20.2. The van der Waals surface area contributed by atoms with E-state index >= 15 is 0 Å². The van der Waals surface area contributed by atoms with Gasteiger partial charge in [-0.05, 0) is 42.3 Å². The quantitative estimate of drug-likeness (QED) is 0.542. The van der Waals surface area contributed by atoms with Crippen LogP contribution >= 0.6 is 0 Å². The molecule has 0 saturated carbocycles. The van der Waals surface area contributed by atoms with Crippen LogP contribution in [0.5, 0.6) is 0 Å². The van der Waals surface area contributed by atoms with Gasteiger partial charge >= 0.3 is 0 Å². The molecule has 29 heavy (non-hydrogen) atoms. The normalized spacial score (nSPS) is 10.6. The number of nitrogen functional groups attached to an aromatic ring is 1. The second kappa shape index (κ2) is 7.86. The zero-order valence-corrected chi connectivity index (χ0v) is 15.3. The van der Waals surface area contributed by atoms with E-state index in [-0.39, 0.29) is 17.2 Å². The van der Waals surface area contributed by atoms with Crippen molar-refractivity contribution in [3.05, 3.63) is 71.9 Å². The van der Waals surface area contributed by atoms with Crippen molar-refractivity contribution in [3.8, 4) is 17.3 Å². The fourth-order valence-corrected chi connectivity index (χ4v) is 3.08. The first-order chi connectivity index (χ1) is 14.2. The summed E-state index contributed by atoms with van der Waals surface area (Å²) in [5, 5.41) is 12.3. The van der Waals surface area contributed by atoms with Crippen LogP contribution in [0.3, 0.4) is 0 Å². The first kappa shape index (κ1) is 18.3. The van der Waals surface area contributed by atoms with Gasteiger partial charge in [0.25, 0.3) is 0 Å². The van der Waals surface area contributed by atoms with Crippen molar-refractivity contribution in [2.75, 3.05) is 17.6 Å². The van der Waals surface area contributed by atoms with E-state index in [2.05, 4.69) is 25.3 Å². The maximum Gasteiger partial charge on any atom is 0.149 e. The van der Waals surface area contributed by atoms with Gasteiger partial charge in [-0.1, -0.05) is 12.1 Å².